The second-order valence-electron chi connectivity index (χ2n) is 15.9. The molecule has 3 fully saturated rings. The number of likely N-dealkylation sites (N-methyl/N-ethyl adjacent to an activating group) is 3. The molecule has 0 bridgehead atoms. The van der Waals surface area contributed by atoms with E-state index in [-0.39, 0.29) is 24.8 Å². The molecule has 0 heterocycles. The van der Waals surface area contributed by atoms with Gasteiger partial charge in [0.25, 0.3) is 0 Å². The van der Waals surface area contributed by atoms with Crippen LogP contribution in [0.15, 0.2) is 0 Å². The molecule has 0 aromatic carbocycles. The molecule has 2 atom stereocenters. The molecule has 3 rings (SSSR count). The molecule has 0 aromatic rings. The van der Waals surface area contributed by atoms with E-state index < -0.39 is 71.4 Å². The number of hydrogen-bond acceptors (Lipinski definition) is 8. The number of alkyl halides is 6. The number of hydrogen-bond donors (Lipinski definition) is 3. The molecule has 3 N–H and O–H groups in total. The average Bonchev–Trinajstić information content (AvgIpc) is 3.82. The lowest BCUT2D eigenvalue weighted by Gasteiger charge is -2.41. The summed E-state index contributed by atoms with van der Waals surface area (Å²) in [5.41, 5.74) is -2.92. The van der Waals surface area contributed by atoms with Crippen LogP contribution in [0, 0.1) is 5.92 Å². The lowest BCUT2D eigenvalue weighted by atomic mass is 9.91. The standard InChI is InChI=1S/C27H45F3N4O5.C8H12F3NO2/c1-25(2,3)39-20(35)16-19(22(36)32(4)5)34(7)23(37)21(18-12-8-9-13-18)33(6)17-26(14-10-11-15-26)31-24(38)27(28,29)30;9-8(10,11)6(14)12-7(5-13)3-1-2-4-7/h18-19,21H,8-17H2,1-7H3,(H,31,38);13H,1-5H2,(H,12,14)/t19-,21-;/m0./s1. The van der Waals surface area contributed by atoms with Gasteiger partial charge >= 0.3 is 30.1 Å². The van der Waals surface area contributed by atoms with Crippen molar-refractivity contribution in [3.8, 4) is 0 Å². The number of halogens is 6. The molecule has 0 unspecified atom stereocenters. The largest absolute Gasteiger partial charge is 0.471 e. The van der Waals surface area contributed by atoms with E-state index in [2.05, 4.69) is 5.32 Å². The molecule has 4 amide bonds. The Morgan fingerprint density at radius 1 is 0.736 bits per heavy atom. The molecule has 0 spiro atoms. The summed E-state index contributed by atoms with van der Waals surface area (Å²) >= 11 is 0. The second kappa shape index (κ2) is 18.5. The zero-order chi connectivity index (χ0) is 40.6. The molecule has 0 aliphatic heterocycles. The first-order valence-corrected chi connectivity index (χ1v) is 18.1. The van der Waals surface area contributed by atoms with Gasteiger partial charge in [-0.2, -0.15) is 26.3 Å². The Kier molecular flexibility index (Phi) is 16.0. The zero-order valence-electron chi connectivity index (χ0n) is 31.8. The Balaban J connectivity index is 0.000000579. The minimum Gasteiger partial charge on any atom is -0.460 e. The van der Waals surface area contributed by atoms with Crippen LogP contribution in [-0.4, -0.2) is 132 Å². The van der Waals surface area contributed by atoms with Crippen molar-refractivity contribution < 1.29 is 60.2 Å². The molecule has 306 valence electrons. The van der Waals surface area contributed by atoms with Gasteiger partial charge in [-0.05, 0) is 72.3 Å². The van der Waals surface area contributed by atoms with E-state index in [0.29, 0.717) is 38.5 Å². The van der Waals surface area contributed by atoms with Gasteiger partial charge in [0.05, 0.1) is 30.1 Å². The predicted molar refractivity (Wildman–Crippen MR) is 182 cm³/mol. The SMILES string of the molecule is CN(C)C(=O)[C@H](CC(=O)OC(C)(C)C)N(C)C(=O)[C@H](C1CCCC1)N(C)CC1(NC(=O)C(F)(F)F)CCCC1.O=C(NC1(CO)CCCC1)C(F)(F)F. The van der Waals surface area contributed by atoms with Crippen molar-refractivity contribution in [2.75, 3.05) is 41.3 Å². The fourth-order valence-corrected chi connectivity index (χ4v) is 7.56. The van der Waals surface area contributed by atoms with Crippen LogP contribution in [0.1, 0.15) is 104 Å². The van der Waals surface area contributed by atoms with Crippen LogP contribution in [0.2, 0.25) is 0 Å². The van der Waals surface area contributed by atoms with Crippen LogP contribution in [-0.2, 0) is 28.7 Å². The van der Waals surface area contributed by atoms with Gasteiger partial charge in [0.2, 0.25) is 11.8 Å². The van der Waals surface area contributed by atoms with Crippen molar-refractivity contribution in [2.24, 2.45) is 5.92 Å². The Morgan fingerprint density at radius 3 is 1.57 bits per heavy atom. The summed E-state index contributed by atoms with van der Waals surface area (Å²) in [6, 6.07) is -1.83. The molecular formula is C35H57F6N5O7. The van der Waals surface area contributed by atoms with Gasteiger partial charge in [-0.3, -0.25) is 28.9 Å². The van der Waals surface area contributed by atoms with Crippen molar-refractivity contribution in [1.82, 2.24) is 25.3 Å². The van der Waals surface area contributed by atoms with E-state index in [1.54, 1.807) is 32.7 Å². The number of carbonyl (C=O) groups excluding carboxylic acids is 5. The minimum absolute atomic E-state index is 0.0634. The molecule has 12 nitrogen and oxygen atoms in total. The van der Waals surface area contributed by atoms with Crippen LogP contribution >= 0.6 is 0 Å². The summed E-state index contributed by atoms with van der Waals surface area (Å²) in [6.45, 7) is 4.76. The number of rotatable bonds is 12. The maximum atomic E-state index is 14.1. The molecule has 3 saturated carbocycles. The second-order valence-corrected chi connectivity index (χ2v) is 15.9. The summed E-state index contributed by atoms with van der Waals surface area (Å²) in [6.07, 6.45) is -2.48. The number of aliphatic hydroxyl groups is 1. The predicted octanol–water partition coefficient (Wildman–Crippen LogP) is 4.09. The number of nitrogens with one attached hydrogen (secondary N) is 2. The first-order valence-electron chi connectivity index (χ1n) is 18.1. The van der Waals surface area contributed by atoms with E-state index in [1.165, 1.54) is 30.9 Å². The van der Waals surface area contributed by atoms with E-state index in [1.807, 2.05) is 5.32 Å². The highest BCUT2D eigenvalue weighted by Gasteiger charge is 2.48. The number of ether oxygens (including phenoxy) is 1. The van der Waals surface area contributed by atoms with E-state index in [9.17, 15) is 50.3 Å². The van der Waals surface area contributed by atoms with Crippen molar-refractivity contribution in [3.63, 3.8) is 0 Å². The zero-order valence-corrected chi connectivity index (χ0v) is 31.8. The highest BCUT2D eigenvalue weighted by atomic mass is 19.4. The first-order chi connectivity index (χ1) is 24.3. The topological polar surface area (TPSA) is 149 Å². The highest BCUT2D eigenvalue weighted by Crippen LogP contribution is 2.36. The Bertz CT molecular complexity index is 1270. The summed E-state index contributed by atoms with van der Waals surface area (Å²) in [5.74, 6) is -5.45. The van der Waals surface area contributed by atoms with Crippen molar-refractivity contribution in [2.45, 2.75) is 145 Å². The number of nitrogens with zero attached hydrogens (tertiary/aromatic N) is 3. The number of esters is 1. The van der Waals surface area contributed by atoms with Gasteiger partial charge in [0, 0.05) is 27.7 Å². The molecule has 0 aromatic heterocycles. The lowest BCUT2D eigenvalue weighted by molar-refractivity contribution is -0.176. The van der Waals surface area contributed by atoms with Gasteiger partial charge in [0.1, 0.15) is 11.6 Å². The molecule has 18 heteroatoms. The van der Waals surface area contributed by atoms with Crippen LogP contribution in [0.4, 0.5) is 26.3 Å². The van der Waals surface area contributed by atoms with Gasteiger partial charge in [-0.1, -0.05) is 38.5 Å². The van der Waals surface area contributed by atoms with Gasteiger partial charge in [-0.15, -0.1) is 0 Å². The Hall–Kier alpha value is -3.15. The third-order valence-corrected chi connectivity index (χ3v) is 10.1. The molecule has 53 heavy (non-hydrogen) atoms. The summed E-state index contributed by atoms with van der Waals surface area (Å²) in [5, 5.41) is 13.0. The Labute approximate surface area is 307 Å². The maximum absolute atomic E-state index is 14.1. The van der Waals surface area contributed by atoms with Crippen molar-refractivity contribution in [3.05, 3.63) is 0 Å². The van der Waals surface area contributed by atoms with E-state index in [0.717, 1.165) is 38.5 Å². The maximum Gasteiger partial charge on any atom is 0.471 e. The quantitative estimate of drug-likeness (QED) is 0.199. The van der Waals surface area contributed by atoms with E-state index >= 15 is 0 Å². The van der Waals surface area contributed by atoms with Crippen LogP contribution in [0.5, 0.6) is 0 Å². The van der Waals surface area contributed by atoms with Crippen LogP contribution in [0.25, 0.3) is 0 Å². The monoisotopic (exact) mass is 773 g/mol. The smallest absolute Gasteiger partial charge is 0.460 e. The van der Waals surface area contributed by atoms with Crippen LogP contribution in [0.3, 0.4) is 0 Å². The van der Waals surface area contributed by atoms with Crippen molar-refractivity contribution >= 4 is 29.6 Å². The van der Waals surface area contributed by atoms with Gasteiger partial charge in [0.15, 0.2) is 0 Å². The molecule has 3 aliphatic carbocycles. The molecule has 0 saturated heterocycles. The molecule has 0 radical (unpaired) electrons. The fraction of sp³-hybridized carbons (Fsp3) is 0.857. The summed E-state index contributed by atoms with van der Waals surface area (Å²) < 4.78 is 80.5. The molecule has 3 aliphatic rings. The Morgan fingerprint density at radius 2 is 1.17 bits per heavy atom. The molecular weight excluding hydrogens is 716 g/mol. The lowest BCUT2D eigenvalue weighted by Crippen LogP contribution is -2.61. The summed E-state index contributed by atoms with van der Waals surface area (Å²) in [7, 11) is 6.24. The number of aliphatic hydroxyl groups excluding tert-OH is 1. The van der Waals surface area contributed by atoms with Gasteiger partial charge < -0.3 is 30.3 Å². The number of amides is 4. The first kappa shape index (κ1) is 46.0. The third kappa shape index (κ3) is 13.6. The van der Waals surface area contributed by atoms with Gasteiger partial charge in [-0.25, -0.2) is 0 Å². The minimum atomic E-state index is -5.00. The third-order valence-electron chi connectivity index (χ3n) is 10.1. The number of carbonyl (C=O) groups is 5. The van der Waals surface area contributed by atoms with E-state index in [4.69, 9.17) is 9.84 Å². The van der Waals surface area contributed by atoms with Crippen molar-refractivity contribution in [1.29, 1.82) is 0 Å². The average molecular weight is 774 g/mol. The fourth-order valence-electron chi connectivity index (χ4n) is 7.56. The summed E-state index contributed by atoms with van der Waals surface area (Å²) in [4.78, 5) is 66.7. The van der Waals surface area contributed by atoms with Crippen LogP contribution < -0.4 is 10.6 Å². The normalized spacial score (nSPS) is 19.8. The highest BCUT2D eigenvalue weighted by molar-refractivity contribution is 5.92.